The second-order valence-corrected chi connectivity index (χ2v) is 2.87. The number of carboxylic acid groups (broad SMARTS) is 1. The molecule has 4 heteroatoms. The van der Waals surface area contributed by atoms with Crippen LogP contribution < -0.4 is 4.74 Å². The van der Waals surface area contributed by atoms with Crippen molar-refractivity contribution < 1.29 is 19.7 Å². The van der Waals surface area contributed by atoms with Gasteiger partial charge in [-0.15, -0.1) is 0 Å². The Morgan fingerprint density at radius 3 is 2.71 bits per heavy atom. The maximum atomic E-state index is 10.4. The van der Waals surface area contributed by atoms with Crippen LogP contribution in [0, 0.1) is 0 Å². The third-order valence-electron chi connectivity index (χ3n) is 1.89. The lowest BCUT2D eigenvalue weighted by molar-refractivity contribution is -0.146. The quantitative estimate of drug-likeness (QED) is 0.743. The van der Waals surface area contributed by atoms with Crippen LogP contribution in [0.4, 0.5) is 0 Å². The lowest BCUT2D eigenvalue weighted by Gasteiger charge is -2.09. The molecule has 1 atom stereocenters. The average molecular weight is 196 g/mol. The van der Waals surface area contributed by atoms with E-state index in [1.165, 1.54) is 7.11 Å². The highest BCUT2D eigenvalue weighted by Crippen LogP contribution is 2.18. The summed E-state index contributed by atoms with van der Waals surface area (Å²) in [6.07, 6.45) is -1.33. The van der Waals surface area contributed by atoms with E-state index in [9.17, 15) is 4.79 Å². The highest BCUT2D eigenvalue weighted by molar-refractivity contribution is 5.72. The molecule has 0 bridgehead atoms. The topological polar surface area (TPSA) is 66.8 Å². The van der Waals surface area contributed by atoms with Gasteiger partial charge < -0.3 is 14.9 Å². The zero-order chi connectivity index (χ0) is 10.6. The molecule has 0 aliphatic carbocycles. The summed E-state index contributed by atoms with van der Waals surface area (Å²) < 4.78 is 5.02. The fourth-order valence-electron chi connectivity index (χ4n) is 1.17. The maximum absolute atomic E-state index is 10.4. The van der Waals surface area contributed by atoms with E-state index in [2.05, 4.69) is 0 Å². The van der Waals surface area contributed by atoms with Crippen molar-refractivity contribution in [1.29, 1.82) is 0 Å². The molecule has 0 spiro atoms. The van der Waals surface area contributed by atoms with Crippen molar-refractivity contribution in [3.63, 3.8) is 0 Å². The molecule has 1 aromatic carbocycles. The van der Waals surface area contributed by atoms with Crippen molar-refractivity contribution in [2.24, 2.45) is 0 Å². The predicted octanol–water partition coefficient (Wildman–Crippen LogP) is 0.683. The molecule has 0 fully saturated rings. The molecule has 0 aromatic heterocycles. The van der Waals surface area contributed by atoms with Crippen LogP contribution in [-0.4, -0.2) is 29.4 Å². The van der Waals surface area contributed by atoms with E-state index in [1.807, 2.05) is 0 Å². The minimum atomic E-state index is -1.38. The highest BCUT2D eigenvalue weighted by Gasteiger charge is 2.15. The van der Waals surface area contributed by atoms with Crippen LogP contribution in [0.15, 0.2) is 24.3 Å². The van der Waals surface area contributed by atoms with E-state index >= 15 is 0 Å². The molecule has 0 amide bonds. The van der Waals surface area contributed by atoms with Gasteiger partial charge >= 0.3 is 5.97 Å². The summed E-state index contributed by atoms with van der Waals surface area (Å²) in [4.78, 5) is 10.4. The Labute approximate surface area is 81.8 Å². The fraction of sp³-hybridized carbons (Fsp3) is 0.300. The summed E-state index contributed by atoms with van der Waals surface area (Å²) in [5.74, 6) is -0.635. The van der Waals surface area contributed by atoms with Crippen LogP contribution in [0.2, 0.25) is 0 Å². The third kappa shape index (κ3) is 2.47. The van der Waals surface area contributed by atoms with E-state index in [0.29, 0.717) is 11.3 Å². The molecule has 76 valence electrons. The average Bonchev–Trinajstić information content (AvgIpc) is 2.18. The molecule has 0 saturated heterocycles. The number of aliphatic hydroxyl groups is 1. The van der Waals surface area contributed by atoms with Crippen molar-refractivity contribution in [1.82, 2.24) is 0 Å². The number of hydrogen-bond donors (Lipinski definition) is 2. The molecular weight excluding hydrogens is 184 g/mol. The molecule has 0 aliphatic heterocycles. The maximum Gasteiger partial charge on any atom is 0.332 e. The van der Waals surface area contributed by atoms with Crippen LogP contribution in [0.1, 0.15) is 5.56 Å². The number of aliphatic hydroxyl groups excluding tert-OH is 1. The van der Waals surface area contributed by atoms with Crippen LogP contribution in [0.5, 0.6) is 5.75 Å². The van der Waals surface area contributed by atoms with E-state index in [1.54, 1.807) is 24.3 Å². The van der Waals surface area contributed by atoms with Crippen molar-refractivity contribution in [3.05, 3.63) is 29.8 Å². The van der Waals surface area contributed by atoms with Gasteiger partial charge in [0.15, 0.2) is 6.10 Å². The summed E-state index contributed by atoms with van der Waals surface area (Å²) >= 11 is 0. The van der Waals surface area contributed by atoms with Crippen LogP contribution in [0.25, 0.3) is 0 Å². The molecular formula is C10H12O4. The molecule has 0 heterocycles. The highest BCUT2D eigenvalue weighted by atomic mass is 16.5. The molecule has 0 radical (unpaired) electrons. The Bertz CT molecular complexity index is 322. The van der Waals surface area contributed by atoms with Crippen molar-refractivity contribution >= 4 is 5.97 Å². The zero-order valence-corrected chi connectivity index (χ0v) is 7.80. The number of para-hydroxylation sites is 1. The zero-order valence-electron chi connectivity index (χ0n) is 7.80. The van der Waals surface area contributed by atoms with Gasteiger partial charge in [-0.3, -0.25) is 0 Å². The van der Waals surface area contributed by atoms with Gasteiger partial charge in [-0.25, -0.2) is 4.79 Å². The lowest BCUT2D eigenvalue weighted by Crippen LogP contribution is -2.22. The first-order valence-corrected chi connectivity index (χ1v) is 4.18. The van der Waals surface area contributed by atoms with Gasteiger partial charge in [0.25, 0.3) is 0 Å². The van der Waals surface area contributed by atoms with E-state index < -0.39 is 12.1 Å². The minimum absolute atomic E-state index is 0.0549. The molecule has 4 nitrogen and oxygen atoms in total. The summed E-state index contributed by atoms with van der Waals surface area (Å²) in [5, 5.41) is 17.7. The summed E-state index contributed by atoms with van der Waals surface area (Å²) in [6, 6.07) is 7.01. The first kappa shape index (κ1) is 10.5. The van der Waals surface area contributed by atoms with Crippen molar-refractivity contribution in [2.45, 2.75) is 12.5 Å². The largest absolute Gasteiger partial charge is 0.496 e. The third-order valence-corrected chi connectivity index (χ3v) is 1.89. The summed E-state index contributed by atoms with van der Waals surface area (Å²) in [7, 11) is 1.51. The second-order valence-electron chi connectivity index (χ2n) is 2.87. The minimum Gasteiger partial charge on any atom is -0.496 e. The van der Waals surface area contributed by atoms with Crippen LogP contribution in [-0.2, 0) is 11.2 Å². The van der Waals surface area contributed by atoms with Gasteiger partial charge in [-0.2, -0.15) is 0 Å². The number of hydrogen-bond acceptors (Lipinski definition) is 3. The second kappa shape index (κ2) is 4.62. The number of rotatable bonds is 4. The molecule has 0 saturated carbocycles. The smallest absolute Gasteiger partial charge is 0.332 e. The summed E-state index contributed by atoms with van der Waals surface area (Å²) in [5.41, 5.74) is 0.685. The Morgan fingerprint density at radius 2 is 2.14 bits per heavy atom. The number of benzene rings is 1. The number of carboxylic acids is 1. The molecule has 1 rings (SSSR count). The SMILES string of the molecule is COc1ccccc1C[C@H](O)C(=O)O. The van der Waals surface area contributed by atoms with Gasteiger partial charge in [-0.1, -0.05) is 18.2 Å². The van der Waals surface area contributed by atoms with Gasteiger partial charge in [0.1, 0.15) is 5.75 Å². The Morgan fingerprint density at radius 1 is 1.50 bits per heavy atom. The van der Waals surface area contributed by atoms with Crippen LogP contribution in [0.3, 0.4) is 0 Å². The standard InChI is InChI=1S/C10H12O4/c1-14-9-5-3-2-4-7(9)6-8(11)10(12)13/h2-5,8,11H,6H2,1H3,(H,12,13)/t8-/m0/s1. The molecule has 14 heavy (non-hydrogen) atoms. The number of carbonyl (C=O) groups is 1. The Hall–Kier alpha value is -1.55. The Balaban J connectivity index is 2.80. The summed E-state index contributed by atoms with van der Waals surface area (Å²) in [6.45, 7) is 0. The van der Waals surface area contributed by atoms with Gasteiger partial charge in [0.2, 0.25) is 0 Å². The monoisotopic (exact) mass is 196 g/mol. The van der Waals surface area contributed by atoms with Gasteiger partial charge in [0, 0.05) is 6.42 Å². The normalized spacial score (nSPS) is 12.1. The van der Waals surface area contributed by atoms with Crippen molar-refractivity contribution in [3.8, 4) is 5.75 Å². The molecule has 2 N–H and O–H groups in total. The van der Waals surface area contributed by atoms with E-state index in [-0.39, 0.29) is 6.42 Å². The molecule has 1 aromatic rings. The molecule has 0 unspecified atom stereocenters. The Kier molecular flexibility index (Phi) is 3.48. The van der Waals surface area contributed by atoms with E-state index in [0.717, 1.165) is 0 Å². The number of methoxy groups -OCH3 is 1. The molecule has 0 aliphatic rings. The van der Waals surface area contributed by atoms with Crippen LogP contribution >= 0.6 is 0 Å². The van der Waals surface area contributed by atoms with E-state index in [4.69, 9.17) is 14.9 Å². The first-order chi connectivity index (χ1) is 6.65. The number of ether oxygens (including phenoxy) is 1. The lowest BCUT2D eigenvalue weighted by atomic mass is 10.1. The predicted molar refractivity (Wildman–Crippen MR) is 50.3 cm³/mol. The van der Waals surface area contributed by atoms with Gasteiger partial charge in [0.05, 0.1) is 7.11 Å². The first-order valence-electron chi connectivity index (χ1n) is 4.18. The van der Waals surface area contributed by atoms with Crippen molar-refractivity contribution in [2.75, 3.05) is 7.11 Å². The van der Waals surface area contributed by atoms with Gasteiger partial charge in [-0.05, 0) is 11.6 Å². The number of aliphatic carboxylic acids is 1. The fourth-order valence-corrected chi connectivity index (χ4v) is 1.17.